The first-order valence-electron chi connectivity index (χ1n) is 7.48. The first-order chi connectivity index (χ1) is 10.2. The molecule has 22 heavy (non-hydrogen) atoms. The first-order valence-corrected chi connectivity index (χ1v) is 7.85. The van der Waals surface area contributed by atoms with Gasteiger partial charge in [-0.25, -0.2) is 4.79 Å². The van der Waals surface area contributed by atoms with E-state index in [1.54, 1.807) is 0 Å². The second-order valence-corrected chi connectivity index (χ2v) is 6.99. The molecule has 0 saturated carbocycles. The van der Waals surface area contributed by atoms with Gasteiger partial charge >= 0.3 is 6.09 Å². The summed E-state index contributed by atoms with van der Waals surface area (Å²) in [4.78, 5) is 16.5. The number of nitrogens with zero attached hydrogens (tertiary/aromatic N) is 2. The number of halogens is 1. The molecule has 0 aromatic heterocycles. The van der Waals surface area contributed by atoms with Crippen LogP contribution in [0.25, 0.3) is 0 Å². The number of amides is 1. The number of likely N-dealkylation sites (N-methyl/N-ethyl adjacent to an activating group) is 1. The number of hydrogen-bond donors (Lipinski definition) is 1. The van der Waals surface area contributed by atoms with Crippen molar-refractivity contribution in [1.82, 2.24) is 4.90 Å². The lowest BCUT2D eigenvalue weighted by molar-refractivity contribution is 0.0636. The van der Waals surface area contributed by atoms with Crippen molar-refractivity contribution in [3.05, 3.63) is 23.2 Å². The van der Waals surface area contributed by atoms with Crippen LogP contribution in [0.2, 0.25) is 5.02 Å². The maximum Gasteiger partial charge on any atom is 0.412 e. The van der Waals surface area contributed by atoms with Gasteiger partial charge in [0.2, 0.25) is 0 Å². The van der Waals surface area contributed by atoms with Crippen LogP contribution in [0.15, 0.2) is 18.2 Å². The van der Waals surface area contributed by atoms with E-state index in [0.29, 0.717) is 10.7 Å². The minimum absolute atomic E-state index is 0.495. The van der Waals surface area contributed by atoms with Crippen molar-refractivity contribution < 1.29 is 9.53 Å². The van der Waals surface area contributed by atoms with Crippen molar-refractivity contribution in [3.8, 4) is 0 Å². The molecule has 1 saturated heterocycles. The zero-order valence-electron chi connectivity index (χ0n) is 13.6. The molecule has 1 fully saturated rings. The number of ether oxygens (including phenoxy) is 1. The number of hydrogen-bond acceptors (Lipinski definition) is 4. The lowest BCUT2D eigenvalue weighted by Gasteiger charge is -2.34. The molecule has 122 valence electrons. The van der Waals surface area contributed by atoms with Gasteiger partial charge in [0, 0.05) is 31.9 Å². The van der Waals surface area contributed by atoms with Crippen LogP contribution in [-0.4, -0.2) is 49.8 Å². The number of piperazine rings is 1. The van der Waals surface area contributed by atoms with Crippen LogP contribution in [0.5, 0.6) is 0 Å². The molecular formula is C16H24ClN3O2. The third-order valence-electron chi connectivity index (χ3n) is 3.45. The maximum absolute atomic E-state index is 11.9. The van der Waals surface area contributed by atoms with Crippen LogP contribution >= 0.6 is 11.6 Å². The predicted octanol–water partition coefficient (Wildman–Crippen LogP) is 3.44. The van der Waals surface area contributed by atoms with E-state index in [-0.39, 0.29) is 0 Å². The van der Waals surface area contributed by atoms with Gasteiger partial charge in [-0.3, -0.25) is 5.32 Å². The zero-order chi connectivity index (χ0) is 16.3. The fraction of sp³-hybridized carbons (Fsp3) is 0.562. The van der Waals surface area contributed by atoms with Crippen molar-refractivity contribution in [2.75, 3.05) is 43.4 Å². The van der Waals surface area contributed by atoms with E-state index in [1.165, 1.54) is 0 Å². The summed E-state index contributed by atoms with van der Waals surface area (Å²) in [7, 11) is 2.12. The van der Waals surface area contributed by atoms with Crippen LogP contribution in [-0.2, 0) is 4.74 Å². The Balaban J connectivity index is 2.08. The Morgan fingerprint density at radius 2 is 1.86 bits per heavy atom. The van der Waals surface area contributed by atoms with E-state index >= 15 is 0 Å². The highest BCUT2D eigenvalue weighted by Gasteiger charge is 2.19. The van der Waals surface area contributed by atoms with Crippen LogP contribution in [0.1, 0.15) is 20.8 Å². The number of nitrogens with one attached hydrogen (secondary N) is 1. The highest BCUT2D eigenvalue weighted by Crippen LogP contribution is 2.28. The number of anilines is 2. The van der Waals surface area contributed by atoms with Gasteiger partial charge in [-0.2, -0.15) is 0 Å². The normalized spacial score (nSPS) is 16.5. The summed E-state index contributed by atoms with van der Waals surface area (Å²) in [6.07, 6.45) is -0.495. The van der Waals surface area contributed by atoms with E-state index in [4.69, 9.17) is 16.3 Å². The van der Waals surface area contributed by atoms with Gasteiger partial charge < -0.3 is 14.5 Å². The quantitative estimate of drug-likeness (QED) is 0.904. The molecule has 1 amide bonds. The summed E-state index contributed by atoms with van der Waals surface area (Å²) >= 11 is 6.18. The van der Waals surface area contributed by atoms with Crippen molar-refractivity contribution in [2.45, 2.75) is 26.4 Å². The predicted molar refractivity (Wildman–Crippen MR) is 91.0 cm³/mol. The molecule has 0 bridgehead atoms. The molecule has 1 aromatic carbocycles. The molecule has 0 radical (unpaired) electrons. The summed E-state index contributed by atoms with van der Waals surface area (Å²) in [5.41, 5.74) is 1.10. The Morgan fingerprint density at radius 3 is 2.45 bits per heavy atom. The average molecular weight is 326 g/mol. The Kier molecular flexibility index (Phi) is 5.19. The minimum atomic E-state index is -0.536. The minimum Gasteiger partial charge on any atom is -0.444 e. The molecule has 1 aliphatic heterocycles. The standard InChI is InChI=1S/C16H24ClN3O2/c1-16(2,3)22-15(21)18-14-11-12(5-6-13(14)17)20-9-7-19(4)8-10-20/h5-6,11H,7-10H2,1-4H3,(H,18,21). The van der Waals surface area contributed by atoms with Gasteiger partial charge in [-0.05, 0) is 46.0 Å². The molecule has 0 aliphatic carbocycles. The number of rotatable bonds is 2. The monoisotopic (exact) mass is 325 g/mol. The van der Waals surface area contributed by atoms with Crippen LogP contribution in [0, 0.1) is 0 Å². The van der Waals surface area contributed by atoms with Crippen molar-refractivity contribution in [2.24, 2.45) is 0 Å². The molecule has 5 nitrogen and oxygen atoms in total. The Morgan fingerprint density at radius 1 is 1.23 bits per heavy atom. The largest absolute Gasteiger partial charge is 0.444 e. The average Bonchev–Trinajstić information content (AvgIpc) is 2.40. The lowest BCUT2D eigenvalue weighted by atomic mass is 10.2. The molecule has 1 heterocycles. The summed E-state index contributed by atoms with van der Waals surface area (Å²) in [6.45, 7) is 9.46. The van der Waals surface area contributed by atoms with E-state index in [0.717, 1.165) is 31.9 Å². The summed E-state index contributed by atoms with van der Waals surface area (Å²) in [6, 6.07) is 5.69. The van der Waals surface area contributed by atoms with Crippen LogP contribution in [0.3, 0.4) is 0 Å². The number of carbonyl (C=O) groups excluding carboxylic acids is 1. The molecule has 0 unspecified atom stereocenters. The van der Waals surface area contributed by atoms with Gasteiger partial charge in [0.1, 0.15) is 5.60 Å². The number of benzene rings is 1. The van der Waals surface area contributed by atoms with Crippen LogP contribution < -0.4 is 10.2 Å². The number of carbonyl (C=O) groups is 1. The Hall–Kier alpha value is -1.46. The summed E-state index contributed by atoms with van der Waals surface area (Å²) in [5, 5.41) is 3.23. The third-order valence-corrected chi connectivity index (χ3v) is 3.78. The molecule has 2 rings (SSSR count). The van der Waals surface area contributed by atoms with Crippen molar-refractivity contribution in [1.29, 1.82) is 0 Å². The lowest BCUT2D eigenvalue weighted by Crippen LogP contribution is -2.44. The zero-order valence-corrected chi connectivity index (χ0v) is 14.4. The molecule has 0 spiro atoms. The summed E-state index contributed by atoms with van der Waals surface area (Å²) in [5.74, 6) is 0. The van der Waals surface area contributed by atoms with E-state index in [9.17, 15) is 4.79 Å². The smallest absolute Gasteiger partial charge is 0.412 e. The second-order valence-electron chi connectivity index (χ2n) is 6.58. The van der Waals surface area contributed by atoms with Gasteiger partial charge in [-0.15, -0.1) is 0 Å². The van der Waals surface area contributed by atoms with Gasteiger partial charge in [-0.1, -0.05) is 11.6 Å². The highest BCUT2D eigenvalue weighted by molar-refractivity contribution is 6.33. The first kappa shape index (κ1) is 16.9. The molecule has 0 atom stereocenters. The molecule has 1 aromatic rings. The van der Waals surface area contributed by atoms with Crippen molar-refractivity contribution in [3.63, 3.8) is 0 Å². The fourth-order valence-corrected chi connectivity index (χ4v) is 2.45. The van der Waals surface area contributed by atoms with Gasteiger partial charge in [0.05, 0.1) is 10.7 Å². The second kappa shape index (κ2) is 6.75. The van der Waals surface area contributed by atoms with E-state index in [1.807, 2.05) is 39.0 Å². The topological polar surface area (TPSA) is 44.8 Å². The van der Waals surface area contributed by atoms with Crippen LogP contribution in [0.4, 0.5) is 16.2 Å². The molecular weight excluding hydrogens is 302 g/mol. The fourth-order valence-electron chi connectivity index (χ4n) is 2.28. The third kappa shape index (κ3) is 4.78. The highest BCUT2D eigenvalue weighted by atomic mass is 35.5. The Labute approximate surface area is 137 Å². The van der Waals surface area contributed by atoms with E-state index < -0.39 is 11.7 Å². The summed E-state index contributed by atoms with van der Waals surface area (Å²) < 4.78 is 5.27. The maximum atomic E-state index is 11.9. The molecule has 1 aliphatic rings. The van der Waals surface area contributed by atoms with Crippen molar-refractivity contribution >= 4 is 29.1 Å². The Bertz CT molecular complexity index is 535. The van der Waals surface area contributed by atoms with Gasteiger partial charge in [0.25, 0.3) is 0 Å². The molecule has 6 heteroatoms. The SMILES string of the molecule is CN1CCN(c2ccc(Cl)c(NC(=O)OC(C)(C)C)c2)CC1. The van der Waals surface area contributed by atoms with Gasteiger partial charge in [0.15, 0.2) is 0 Å². The molecule has 1 N–H and O–H groups in total. The van der Waals surface area contributed by atoms with E-state index in [2.05, 4.69) is 22.2 Å².